The molecule has 0 saturated carbocycles. The molecule has 0 bridgehead atoms. The maximum atomic E-state index is 3.58. The van der Waals surface area contributed by atoms with Crippen molar-refractivity contribution in [2.75, 3.05) is 12.3 Å². The fourth-order valence-corrected chi connectivity index (χ4v) is 4.36. The van der Waals surface area contributed by atoms with Crippen LogP contribution in [0.1, 0.15) is 23.4 Å². The summed E-state index contributed by atoms with van der Waals surface area (Å²) in [5.41, 5.74) is 1.44. The topological polar surface area (TPSA) is 12.0 Å². The molecule has 0 radical (unpaired) electrons. The summed E-state index contributed by atoms with van der Waals surface area (Å²) < 4.78 is 1.14. The summed E-state index contributed by atoms with van der Waals surface area (Å²) in [5, 5.41) is 5.76. The highest BCUT2D eigenvalue weighted by Crippen LogP contribution is 2.29. The second kappa shape index (κ2) is 7.48. The van der Waals surface area contributed by atoms with Gasteiger partial charge in [-0.05, 0) is 48.7 Å². The lowest BCUT2D eigenvalue weighted by atomic mass is 10.1. The lowest BCUT2D eigenvalue weighted by Gasteiger charge is -2.17. The second-order valence-electron chi connectivity index (χ2n) is 4.31. The molecule has 0 aliphatic rings. The molecule has 1 aromatic heterocycles. The van der Waals surface area contributed by atoms with Crippen molar-refractivity contribution in [2.24, 2.45) is 0 Å². The van der Waals surface area contributed by atoms with E-state index in [1.807, 2.05) is 23.1 Å². The molecule has 1 aromatic carbocycles. The highest BCUT2D eigenvalue weighted by atomic mass is 79.9. The number of benzene rings is 1. The summed E-state index contributed by atoms with van der Waals surface area (Å²) in [6.45, 7) is 5.37. The Labute approximate surface area is 131 Å². The Morgan fingerprint density at radius 1 is 1.37 bits per heavy atom. The summed E-state index contributed by atoms with van der Waals surface area (Å²) in [5.74, 6) is 1.06. The van der Waals surface area contributed by atoms with Crippen LogP contribution in [0.3, 0.4) is 0 Å². The van der Waals surface area contributed by atoms with Crippen LogP contribution < -0.4 is 5.32 Å². The Bertz CT molecular complexity index is 524. The van der Waals surface area contributed by atoms with Crippen LogP contribution in [0.5, 0.6) is 0 Å². The molecule has 1 N–H and O–H groups in total. The van der Waals surface area contributed by atoms with E-state index in [-0.39, 0.29) is 0 Å². The van der Waals surface area contributed by atoms with Gasteiger partial charge in [0.2, 0.25) is 0 Å². The van der Waals surface area contributed by atoms with Gasteiger partial charge in [-0.25, -0.2) is 0 Å². The van der Waals surface area contributed by atoms with E-state index < -0.39 is 0 Å². The minimum absolute atomic E-state index is 0.431. The Hall–Kier alpha value is -0.290. The van der Waals surface area contributed by atoms with Gasteiger partial charge in [0.15, 0.2) is 0 Å². The first kappa shape index (κ1) is 15.1. The van der Waals surface area contributed by atoms with Crippen LogP contribution >= 0.6 is 39.0 Å². The molecule has 0 fully saturated rings. The van der Waals surface area contributed by atoms with E-state index in [1.165, 1.54) is 15.3 Å². The molecule has 2 rings (SSSR count). The molecule has 0 aliphatic heterocycles. The fraction of sp³-hybridized carbons (Fsp3) is 0.333. The van der Waals surface area contributed by atoms with Gasteiger partial charge in [0.05, 0.1) is 0 Å². The van der Waals surface area contributed by atoms with Crippen LogP contribution in [0.15, 0.2) is 45.1 Å². The number of aryl methyl sites for hydroxylation is 1. The van der Waals surface area contributed by atoms with Crippen molar-refractivity contribution in [3.63, 3.8) is 0 Å². The normalized spacial score (nSPS) is 12.6. The molecule has 0 saturated heterocycles. The zero-order chi connectivity index (χ0) is 13.7. The van der Waals surface area contributed by atoms with E-state index in [9.17, 15) is 0 Å². The summed E-state index contributed by atoms with van der Waals surface area (Å²) in [7, 11) is 0. The number of rotatable bonds is 6. The molecule has 19 heavy (non-hydrogen) atoms. The van der Waals surface area contributed by atoms with Crippen LogP contribution in [0.2, 0.25) is 0 Å². The summed E-state index contributed by atoms with van der Waals surface area (Å²) in [6.07, 6.45) is 0. The second-order valence-corrected chi connectivity index (χ2v) is 7.44. The van der Waals surface area contributed by atoms with E-state index in [0.717, 1.165) is 16.8 Å². The third-order valence-electron chi connectivity index (χ3n) is 2.94. The quantitative estimate of drug-likeness (QED) is 0.709. The Morgan fingerprint density at radius 2 is 2.21 bits per heavy atom. The lowest BCUT2D eigenvalue weighted by Crippen LogP contribution is -2.23. The van der Waals surface area contributed by atoms with E-state index in [0.29, 0.717) is 6.04 Å². The van der Waals surface area contributed by atoms with Crippen LogP contribution in [0, 0.1) is 6.92 Å². The summed E-state index contributed by atoms with van der Waals surface area (Å²) >= 11 is 7.25. The van der Waals surface area contributed by atoms with Crippen LogP contribution in [0.25, 0.3) is 0 Å². The van der Waals surface area contributed by atoms with Crippen LogP contribution in [-0.4, -0.2) is 12.3 Å². The van der Waals surface area contributed by atoms with Gasteiger partial charge in [-0.15, -0.1) is 23.1 Å². The molecule has 102 valence electrons. The number of thioether (sulfide) groups is 1. The maximum absolute atomic E-state index is 3.58. The van der Waals surface area contributed by atoms with Crippen LogP contribution in [0.4, 0.5) is 0 Å². The Morgan fingerprint density at radius 3 is 2.84 bits per heavy atom. The smallest absolute Gasteiger partial charge is 0.0426 e. The molecular formula is C15H18BrNS2. The third kappa shape index (κ3) is 4.35. The van der Waals surface area contributed by atoms with Gasteiger partial charge in [-0.2, -0.15) is 0 Å². The van der Waals surface area contributed by atoms with Crippen molar-refractivity contribution < 1.29 is 0 Å². The Balaban J connectivity index is 2.04. The molecule has 1 heterocycles. The number of nitrogens with one attached hydrogen (secondary N) is 1. The van der Waals surface area contributed by atoms with Crippen molar-refractivity contribution in [1.29, 1.82) is 0 Å². The standard InChI is InChI=1S/C15H18BrNS2/c1-3-17-15(14-7-8-18-11(14)2)10-19-13-6-4-5-12(16)9-13/h4-9,15,17H,3,10H2,1-2H3. The predicted octanol–water partition coefficient (Wildman–Crippen LogP) is 5.26. The first-order valence-electron chi connectivity index (χ1n) is 6.36. The van der Waals surface area contributed by atoms with E-state index in [2.05, 4.69) is 70.8 Å². The van der Waals surface area contributed by atoms with Gasteiger partial charge in [0, 0.05) is 26.0 Å². The number of halogens is 1. The van der Waals surface area contributed by atoms with Crippen molar-refractivity contribution in [3.05, 3.63) is 50.6 Å². The van der Waals surface area contributed by atoms with E-state index in [4.69, 9.17) is 0 Å². The molecule has 1 nitrogen and oxygen atoms in total. The van der Waals surface area contributed by atoms with Gasteiger partial charge in [0.1, 0.15) is 0 Å². The predicted molar refractivity (Wildman–Crippen MR) is 90.3 cm³/mol. The summed E-state index contributed by atoms with van der Waals surface area (Å²) in [6, 6.07) is 11.2. The number of hydrogen-bond acceptors (Lipinski definition) is 3. The lowest BCUT2D eigenvalue weighted by molar-refractivity contribution is 0.605. The minimum Gasteiger partial charge on any atom is -0.309 e. The summed E-state index contributed by atoms with van der Waals surface area (Å²) in [4.78, 5) is 2.73. The third-order valence-corrected chi connectivity index (χ3v) is 5.38. The zero-order valence-corrected chi connectivity index (χ0v) is 14.4. The van der Waals surface area contributed by atoms with Gasteiger partial charge in [0.25, 0.3) is 0 Å². The van der Waals surface area contributed by atoms with Crippen molar-refractivity contribution in [1.82, 2.24) is 5.32 Å². The monoisotopic (exact) mass is 355 g/mol. The van der Waals surface area contributed by atoms with E-state index in [1.54, 1.807) is 0 Å². The fourth-order valence-electron chi connectivity index (χ4n) is 2.00. The first-order chi connectivity index (χ1) is 9.20. The maximum Gasteiger partial charge on any atom is 0.0426 e. The molecule has 0 amide bonds. The van der Waals surface area contributed by atoms with Crippen LogP contribution in [-0.2, 0) is 0 Å². The van der Waals surface area contributed by atoms with Crippen molar-refractivity contribution >= 4 is 39.0 Å². The van der Waals surface area contributed by atoms with E-state index >= 15 is 0 Å². The molecule has 4 heteroatoms. The molecule has 0 spiro atoms. The first-order valence-corrected chi connectivity index (χ1v) is 9.02. The molecular weight excluding hydrogens is 338 g/mol. The largest absolute Gasteiger partial charge is 0.309 e. The highest BCUT2D eigenvalue weighted by molar-refractivity contribution is 9.10. The van der Waals surface area contributed by atoms with Crippen molar-refractivity contribution in [2.45, 2.75) is 24.8 Å². The molecule has 1 unspecified atom stereocenters. The molecule has 1 atom stereocenters. The van der Waals surface area contributed by atoms with Gasteiger partial charge in [-0.3, -0.25) is 0 Å². The van der Waals surface area contributed by atoms with Gasteiger partial charge >= 0.3 is 0 Å². The zero-order valence-electron chi connectivity index (χ0n) is 11.2. The average Bonchev–Trinajstić information content (AvgIpc) is 2.81. The minimum atomic E-state index is 0.431. The van der Waals surface area contributed by atoms with Gasteiger partial charge < -0.3 is 5.32 Å². The Kier molecular flexibility index (Phi) is 5.95. The molecule has 2 aromatic rings. The SMILES string of the molecule is CCNC(CSc1cccc(Br)c1)c1ccsc1C. The average molecular weight is 356 g/mol. The van der Waals surface area contributed by atoms with Crippen molar-refractivity contribution in [3.8, 4) is 0 Å². The van der Waals surface area contributed by atoms with Gasteiger partial charge in [-0.1, -0.05) is 28.9 Å². The highest BCUT2D eigenvalue weighted by Gasteiger charge is 2.14. The number of thiophene rings is 1. The molecule has 0 aliphatic carbocycles. The number of hydrogen-bond donors (Lipinski definition) is 1.